The topological polar surface area (TPSA) is 103 Å². The van der Waals surface area contributed by atoms with Crippen molar-refractivity contribution in [2.24, 2.45) is 4.99 Å². The Kier molecular flexibility index (Phi) is 7.05. The molecular weight excluding hydrogens is 426 g/mol. The highest BCUT2D eigenvalue weighted by Gasteiger charge is 2.37. The van der Waals surface area contributed by atoms with Crippen molar-refractivity contribution in [3.8, 4) is 0 Å². The lowest BCUT2D eigenvalue weighted by Crippen LogP contribution is -2.59. The minimum Gasteiger partial charge on any atom is -0.308 e. The number of aromatic nitrogens is 2. The lowest BCUT2D eigenvalue weighted by molar-refractivity contribution is 0.164. The summed E-state index contributed by atoms with van der Waals surface area (Å²) in [6, 6.07) is 8.37. The molecular formula is C23H32ClN7O. The largest absolute Gasteiger partial charge is 0.326 e. The van der Waals surface area contributed by atoms with Crippen molar-refractivity contribution >= 4 is 35.2 Å². The number of benzene rings is 1. The van der Waals surface area contributed by atoms with E-state index in [9.17, 15) is 4.79 Å². The van der Waals surface area contributed by atoms with Crippen molar-refractivity contribution < 1.29 is 4.79 Å². The van der Waals surface area contributed by atoms with Gasteiger partial charge >= 0.3 is 6.03 Å². The molecule has 32 heavy (non-hydrogen) atoms. The number of halogens is 1. The van der Waals surface area contributed by atoms with Crippen molar-refractivity contribution in [3.05, 3.63) is 46.7 Å². The van der Waals surface area contributed by atoms with Crippen LogP contribution < -0.4 is 21.3 Å². The van der Waals surface area contributed by atoms with Gasteiger partial charge in [0.2, 0.25) is 11.9 Å². The molecule has 9 heteroatoms. The number of nitrogens with zero attached hydrogens (tertiary/aromatic N) is 3. The summed E-state index contributed by atoms with van der Waals surface area (Å²) in [5.74, 6) is 0.695. The molecule has 8 nitrogen and oxygen atoms in total. The van der Waals surface area contributed by atoms with Crippen LogP contribution in [0.5, 0.6) is 0 Å². The summed E-state index contributed by atoms with van der Waals surface area (Å²) in [7, 11) is 0. The molecule has 0 unspecified atom stereocenters. The first-order valence-corrected chi connectivity index (χ1v) is 11.1. The summed E-state index contributed by atoms with van der Waals surface area (Å²) in [5, 5.41) is 13.0. The number of hydrogen-bond donors (Lipinski definition) is 4. The van der Waals surface area contributed by atoms with E-state index >= 15 is 0 Å². The zero-order valence-electron chi connectivity index (χ0n) is 19.5. The average Bonchev–Trinajstić information content (AvgIpc) is 2.60. The number of guanidine groups is 1. The maximum Gasteiger partial charge on any atom is 0.326 e. The molecule has 2 amide bonds. The first kappa shape index (κ1) is 23.9. The molecule has 0 aliphatic carbocycles. The van der Waals surface area contributed by atoms with Gasteiger partial charge in [-0.1, -0.05) is 11.6 Å². The fourth-order valence-corrected chi connectivity index (χ4v) is 4.45. The Balaban J connectivity index is 1.83. The predicted octanol–water partition coefficient (Wildman–Crippen LogP) is 4.65. The lowest BCUT2D eigenvalue weighted by atomic mass is 9.80. The molecule has 3 rings (SSSR count). The highest BCUT2D eigenvalue weighted by atomic mass is 35.5. The molecule has 0 atom stereocenters. The molecule has 0 bridgehead atoms. The van der Waals surface area contributed by atoms with Crippen molar-refractivity contribution in [3.63, 3.8) is 0 Å². The van der Waals surface area contributed by atoms with E-state index in [1.54, 1.807) is 24.3 Å². The smallest absolute Gasteiger partial charge is 0.308 e. The minimum absolute atomic E-state index is 0.00508. The highest BCUT2D eigenvalue weighted by molar-refractivity contribution is 6.30. The molecule has 2 aromatic rings. The monoisotopic (exact) mass is 457 g/mol. The first-order valence-electron chi connectivity index (χ1n) is 10.7. The number of aliphatic imine (C=N–C) groups is 1. The van der Waals surface area contributed by atoms with Gasteiger partial charge in [-0.2, -0.15) is 0 Å². The van der Waals surface area contributed by atoms with Crippen LogP contribution in [-0.2, 0) is 0 Å². The summed E-state index contributed by atoms with van der Waals surface area (Å²) >= 11 is 5.93. The van der Waals surface area contributed by atoms with Crippen LogP contribution in [-0.4, -0.2) is 39.1 Å². The van der Waals surface area contributed by atoms with E-state index in [0.717, 1.165) is 24.2 Å². The Morgan fingerprint density at radius 3 is 2.16 bits per heavy atom. The number of hydrogen-bond acceptors (Lipinski definition) is 5. The van der Waals surface area contributed by atoms with Gasteiger partial charge in [-0.25, -0.2) is 19.8 Å². The second-order valence-electron chi connectivity index (χ2n) is 9.62. The van der Waals surface area contributed by atoms with Crippen LogP contribution in [0.2, 0.25) is 5.02 Å². The van der Waals surface area contributed by atoms with Crippen LogP contribution >= 0.6 is 11.6 Å². The molecule has 0 saturated carbocycles. The maximum absolute atomic E-state index is 12.7. The number of amides is 2. The van der Waals surface area contributed by atoms with E-state index in [-0.39, 0.29) is 17.1 Å². The number of aryl methyl sites for hydroxylation is 2. The van der Waals surface area contributed by atoms with Gasteiger partial charge in [-0.05, 0) is 84.7 Å². The van der Waals surface area contributed by atoms with Gasteiger partial charge in [0.25, 0.3) is 0 Å². The van der Waals surface area contributed by atoms with E-state index in [4.69, 9.17) is 16.6 Å². The van der Waals surface area contributed by atoms with Crippen molar-refractivity contribution in [1.82, 2.24) is 20.6 Å². The molecule has 4 N–H and O–H groups in total. The zero-order valence-corrected chi connectivity index (χ0v) is 20.3. The van der Waals surface area contributed by atoms with Gasteiger partial charge in [-0.3, -0.25) is 10.6 Å². The highest BCUT2D eigenvalue weighted by Crippen LogP contribution is 2.30. The predicted molar refractivity (Wildman–Crippen MR) is 130 cm³/mol. The Hall–Kier alpha value is -2.71. The molecule has 172 valence electrons. The molecule has 1 fully saturated rings. The van der Waals surface area contributed by atoms with Gasteiger partial charge in [0.1, 0.15) is 0 Å². The Bertz CT molecular complexity index is 966. The van der Waals surface area contributed by atoms with Crippen LogP contribution in [0.4, 0.5) is 16.4 Å². The normalized spacial score (nSPS) is 18.2. The van der Waals surface area contributed by atoms with Crippen LogP contribution in [0.3, 0.4) is 0 Å². The third-order valence-electron chi connectivity index (χ3n) is 5.03. The lowest BCUT2D eigenvalue weighted by Gasteiger charge is -2.45. The van der Waals surface area contributed by atoms with E-state index < -0.39 is 6.03 Å². The maximum atomic E-state index is 12.7. The standard InChI is InChI=1S/C23H32ClN7O/c1-14-11-15(2)26-19(25-14)29-20(27-18-12-22(3,4)31-23(5,6)13-18)30-21(32)28-17-9-7-16(24)8-10-17/h7-11,18,31H,12-13H2,1-6H3,(H3,25,26,27,28,29,30,32). The third kappa shape index (κ3) is 7.17. The molecule has 1 aromatic heterocycles. The second-order valence-corrected chi connectivity index (χ2v) is 10.1. The molecule has 0 spiro atoms. The van der Waals surface area contributed by atoms with Gasteiger partial charge < -0.3 is 10.6 Å². The molecule has 1 aromatic carbocycles. The minimum atomic E-state index is -0.421. The Morgan fingerprint density at radius 1 is 1.03 bits per heavy atom. The summed E-state index contributed by atoms with van der Waals surface area (Å²) in [6.07, 6.45) is 1.66. The third-order valence-corrected chi connectivity index (χ3v) is 5.28. The number of rotatable bonds is 3. The van der Waals surface area contributed by atoms with Crippen molar-refractivity contribution in [2.75, 3.05) is 10.6 Å². The zero-order chi connectivity index (χ0) is 23.5. The van der Waals surface area contributed by atoms with Crippen molar-refractivity contribution in [2.45, 2.75) is 71.5 Å². The molecule has 1 aliphatic heterocycles. The van der Waals surface area contributed by atoms with E-state index in [1.807, 2.05) is 19.9 Å². The fourth-order valence-electron chi connectivity index (χ4n) is 4.33. The van der Waals surface area contributed by atoms with Gasteiger partial charge in [0, 0.05) is 33.2 Å². The summed E-state index contributed by atoms with van der Waals surface area (Å²) in [5.41, 5.74) is 2.12. The molecule has 0 radical (unpaired) electrons. The van der Waals surface area contributed by atoms with Crippen molar-refractivity contribution in [1.29, 1.82) is 0 Å². The Morgan fingerprint density at radius 2 is 1.59 bits per heavy atom. The molecule has 1 aliphatic rings. The number of nitrogens with one attached hydrogen (secondary N) is 4. The van der Waals surface area contributed by atoms with Crippen LogP contribution in [0, 0.1) is 13.8 Å². The molecule has 2 heterocycles. The second kappa shape index (κ2) is 9.42. The number of urea groups is 1. The molecule has 1 saturated heterocycles. The number of piperidine rings is 1. The van der Waals surface area contributed by atoms with Crippen LogP contribution in [0.25, 0.3) is 0 Å². The van der Waals surface area contributed by atoms with Crippen LogP contribution in [0.1, 0.15) is 51.9 Å². The van der Waals surface area contributed by atoms with Gasteiger partial charge in [0.15, 0.2) is 0 Å². The summed E-state index contributed by atoms with van der Waals surface area (Å²) in [4.78, 5) is 26.4. The first-order chi connectivity index (χ1) is 14.9. The van der Waals surface area contributed by atoms with Gasteiger partial charge in [-0.15, -0.1) is 0 Å². The number of carbonyl (C=O) groups excluding carboxylic acids is 1. The fraction of sp³-hybridized carbons (Fsp3) is 0.478. The number of anilines is 2. The average molecular weight is 458 g/mol. The van der Waals surface area contributed by atoms with E-state index in [2.05, 4.69) is 58.9 Å². The Labute approximate surface area is 194 Å². The summed E-state index contributed by atoms with van der Waals surface area (Å²) < 4.78 is 0. The van der Waals surface area contributed by atoms with Crippen LogP contribution in [0.15, 0.2) is 35.3 Å². The summed E-state index contributed by atoms with van der Waals surface area (Å²) in [6.45, 7) is 12.5. The van der Waals surface area contributed by atoms with Gasteiger partial charge in [0.05, 0.1) is 6.04 Å². The van der Waals surface area contributed by atoms with E-state index in [0.29, 0.717) is 22.6 Å². The quantitative estimate of drug-likeness (QED) is 0.397. The number of carbonyl (C=O) groups is 1. The van der Waals surface area contributed by atoms with E-state index in [1.165, 1.54) is 0 Å². The SMILES string of the molecule is Cc1cc(C)nc(NC(=NC2CC(C)(C)NC(C)(C)C2)NC(=O)Nc2ccc(Cl)cc2)n1.